The number of aliphatic hydroxyl groups is 4. The van der Waals surface area contributed by atoms with Crippen LogP contribution in [0.25, 0.3) is 0 Å². The number of carbonyl (C=O) groups excluding carboxylic acids is 1. The molecule has 11 heavy (non-hydrogen) atoms. The van der Waals surface area contributed by atoms with E-state index in [0.717, 1.165) is 0 Å². The fourth-order valence-electron chi connectivity index (χ4n) is 0.602. The summed E-state index contributed by atoms with van der Waals surface area (Å²) in [6.07, 6.45) is -4.00. The average Bonchev–Trinajstić information content (AvgIpc) is 2.02. The molecule has 5 heteroatoms. The van der Waals surface area contributed by atoms with Gasteiger partial charge in [0.25, 0.3) is 0 Å². The van der Waals surface area contributed by atoms with Crippen molar-refractivity contribution in [3.8, 4) is 0 Å². The van der Waals surface area contributed by atoms with E-state index in [1.165, 1.54) is 0 Å². The Morgan fingerprint density at radius 3 is 2.09 bits per heavy atom. The second kappa shape index (κ2) is 5.20. The summed E-state index contributed by atoms with van der Waals surface area (Å²) in [4.78, 5) is 9.82. The molecule has 0 aromatic heterocycles. The molecule has 0 spiro atoms. The number of hydrogen-bond acceptors (Lipinski definition) is 5. The van der Waals surface area contributed by atoms with Crippen molar-refractivity contribution >= 4 is 6.29 Å². The maximum absolute atomic E-state index is 9.82. The summed E-state index contributed by atoms with van der Waals surface area (Å²) in [5, 5.41) is 34.8. The van der Waals surface area contributed by atoms with E-state index >= 15 is 0 Å². The maximum Gasteiger partial charge on any atom is 0.122 e. The lowest BCUT2D eigenvalue weighted by molar-refractivity contribution is -0.115. The highest BCUT2D eigenvalue weighted by Gasteiger charge is 2.23. The van der Waals surface area contributed by atoms with Gasteiger partial charge in [-0.2, -0.15) is 0 Å². The number of aldehydes is 1. The number of rotatable bonds is 5. The zero-order valence-corrected chi connectivity index (χ0v) is 5.92. The second-order valence-electron chi connectivity index (χ2n) is 2.21. The van der Waals surface area contributed by atoms with Crippen molar-refractivity contribution in [1.82, 2.24) is 0 Å². The van der Waals surface area contributed by atoms with Crippen LogP contribution in [0.5, 0.6) is 0 Å². The third-order valence-electron chi connectivity index (χ3n) is 1.31. The topological polar surface area (TPSA) is 98.0 Å². The van der Waals surface area contributed by atoms with Gasteiger partial charge >= 0.3 is 0 Å². The maximum atomic E-state index is 9.82. The lowest BCUT2D eigenvalue weighted by Gasteiger charge is -2.19. The third-order valence-corrected chi connectivity index (χ3v) is 1.31. The largest absolute Gasteiger partial charge is 0.394 e. The first-order valence-electron chi connectivity index (χ1n) is 3.22. The fourth-order valence-corrected chi connectivity index (χ4v) is 0.602. The summed E-state index contributed by atoms with van der Waals surface area (Å²) in [7, 11) is 0. The van der Waals surface area contributed by atoms with Crippen molar-refractivity contribution in [2.45, 2.75) is 24.7 Å². The highest BCUT2D eigenvalue weighted by molar-refractivity contribution is 5.50. The summed E-state index contributed by atoms with van der Waals surface area (Å²) >= 11 is 0. The van der Waals surface area contributed by atoms with Gasteiger partial charge in [0.1, 0.15) is 18.5 Å². The molecule has 3 atom stereocenters. The normalized spacial score (nSPS) is 18.9. The minimum atomic E-state index is -1.47. The zero-order valence-electron chi connectivity index (χ0n) is 5.92. The summed E-state index contributed by atoms with van der Waals surface area (Å²) in [5.74, 6) is 0. The molecule has 0 aliphatic rings. The Bertz CT molecular complexity index is 116. The minimum Gasteiger partial charge on any atom is -0.394 e. The van der Waals surface area contributed by atoms with Crippen LogP contribution in [0.1, 0.15) is 6.42 Å². The van der Waals surface area contributed by atoms with Gasteiger partial charge in [0, 0.05) is 6.42 Å². The average molecular weight is 164 g/mol. The van der Waals surface area contributed by atoms with E-state index in [9.17, 15) is 4.79 Å². The van der Waals surface area contributed by atoms with Gasteiger partial charge in [0.15, 0.2) is 0 Å². The summed E-state index contributed by atoms with van der Waals surface area (Å²) < 4.78 is 0. The van der Waals surface area contributed by atoms with Crippen LogP contribution in [0.4, 0.5) is 0 Å². The third kappa shape index (κ3) is 3.43. The van der Waals surface area contributed by atoms with Gasteiger partial charge in [-0.05, 0) is 0 Å². The standard InChI is InChI=1S/C6H12O5/c7-2-1-4(9)6(11)5(10)3-8/h2,4-6,8-11H,1,3H2/t4-,5-,6-/m0/s1. The monoisotopic (exact) mass is 164 g/mol. The lowest BCUT2D eigenvalue weighted by atomic mass is 10.1. The van der Waals surface area contributed by atoms with Crippen molar-refractivity contribution in [2.24, 2.45) is 0 Å². The van der Waals surface area contributed by atoms with Crippen LogP contribution in [0.2, 0.25) is 0 Å². The van der Waals surface area contributed by atoms with Crippen LogP contribution in [-0.4, -0.2) is 51.6 Å². The fraction of sp³-hybridized carbons (Fsp3) is 0.833. The molecule has 0 saturated heterocycles. The van der Waals surface area contributed by atoms with Crippen molar-refractivity contribution in [3.63, 3.8) is 0 Å². The molecule has 0 aliphatic carbocycles. The molecule has 4 N–H and O–H groups in total. The van der Waals surface area contributed by atoms with Crippen molar-refractivity contribution in [3.05, 3.63) is 0 Å². The number of hydrogen-bond donors (Lipinski definition) is 4. The van der Waals surface area contributed by atoms with E-state index in [2.05, 4.69) is 0 Å². The highest BCUT2D eigenvalue weighted by atomic mass is 16.4. The molecule has 0 radical (unpaired) electrons. The van der Waals surface area contributed by atoms with Crippen molar-refractivity contribution < 1.29 is 25.2 Å². The quantitative estimate of drug-likeness (QED) is 0.341. The van der Waals surface area contributed by atoms with E-state index in [0.29, 0.717) is 6.29 Å². The van der Waals surface area contributed by atoms with Crippen LogP contribution < -0.4 is 0 Å². The van der Waals surface area contributed by atoms with Gasteiger partial charge in [0.2, 0.25) is 0 Å². The Labute approximate surface area is 63.9 Å². The first-order chi connectivity index (χ1) is 5.13. The molecule has 0 aliphatic heterocycles. The Balaban J connectivity index is 3.79. The SMILES string of the molecule is O=CC[C@H](O)[C@H](O)[C@@H](O)CO. The van der Waals surface area contributed by atoms with Crippen LogP contribution >= 0.6 is 0 Å². The summed E-state index contributed by atoms with van der Waals surface area (Å²) in [6.45, 7) is -0.642. The zero-order chi connectivity index (χ0) is 8.85. The molecule has 0 amide bonds. The molecule has 0 saturated carbocycles. The molecule has 0 aromatic carbocycles. The van der Waals surface area contributed by atoms with Crippen molar-refractivity contribution in [2.75, 3.05) is 6.61 Å². The number of carbonyl (C=O) groups is 1. The Morgan fingerprint density at radius 2 is 1.73 bits per heavy atom. The van der Waals surface area contributed by atoms with E-state index in [-0.39, 0.29) is 6.42 Å². The van der Waals surface area contributed by atoms with Gasteiger partial charge in [-0.3, -0.25) is 0 Å². The molecule has 0 rings (SSSR count). The summed E-state index contributed by atoms with van der Waals surface area (Å²) in [5.41, 5.74) is 0. The first-order valence-corrected chi connectivity index (χ1v) is 3.22. The molecule has 66 valence electrons. The lowest BCUT2D eigenvalue weighted by Crippen LogP contribution is -2.39. The van der Waals surface area contributed by atoms with Gasteiger partial charge in [-0.25, -0.2) is 0 Å². The van der Waals surface area contributed by atoms with Gasteiger partial charge in [0.05, 0.1) is 12.7 Å². The van der Waals surface area contributed by atoms with Gasteiger partial charge < -0.3 is 25.2 Å². The van der Waals surface area contributed by atoms with Gasteiger partial charge in [-0.1, -0.05) is 0 Å². The predicted octanol–water partition coefficient (Wildman–Crippen LogP) is -2.35. The molecular formula is C6H12O5. The molecule has 0 fully saturated rings. The van der Waals surface area contributed by atoms with Crippen LogP contribution in [0, 0.1) is 0 Å². The first kappa shape index (κ1) is 10.5. The van der Waals surface area contributed by atoms with Gasteiger partial charge in [-0.15, -0.1) is 0 Å². The Hall–Kier alpha value is -0.490. The highest BCUT2D eigenvalue weighted by Crippen LogP contribution is 2.01. The molecular weight excluding hydrogens is 152 g/mol. The Morgan fingerprint density at radius 1 is 1.18 bits per heavy atom. The second-order valence-corrected chi connectivity index (χ2v) is 2.21. The minimum absolute atomic E-state index is 0.252. The van der Waals surface area contributed by atoms with Crippen molar-refractivity contribution in [1.29, 1.82) is 0 Å². The van der Waals surface area contributed by atoms with Crippen LogP contribution in [0.3, 0.4) is 0 Å². The van der Waals surface area contributed by atoms with E-state index in [4.69, 9.17) is 20.4 Å². The van der Waals surface area contributed by atoms with Crippen LogP contribution in [-0.2, 0) is 4.79 Å². The molecule has 0 heterocycles. The smallest absolute Gasteiger partial charge is 0.122 e. The van der Waals surface area contributed by atoms with E-state index in [1.807, 2.05) is 0 Å². The summed E-state index contributed by atoms with van der Waals surface area (Å²) in [6, 6.07) is 0. The van der Waals surface area contributed by atoms with E-state index in [1.54, 1.807) is 0 Å². The van der Waals surface area contributed by atoms with E-state index < -0.39 is 24.9 Å². The Kier molecular flexibility index (Phi) is 4.97. The molecule has 0 unspecified atom stereocenters. The number of aliphatic hydroxyl groups excluding tert-OH is 4. The molecule has 5 nitrogen and oxygen atoms in total. The predicted molar refractivity (Wildman–Crippen MR) is 35.8 cm³/mol. The van der Waals surface area contributed by atoms with Crippen LogP contribution in [0.15, 0.2) is 0 Å². The molecule has 0 bridgehead atoms. The molecule has 0 aromatic rings.